The van der Waals surface area contributed by atoms with Crippen LogP contribution in [-0.4, -0.2) is 90.7 Å². The lowest BCUT2D eigenvalue weighted by molar-refractivity contribution is -0.122. The predicted octanol–water partition coefficient (Wildman–Crippen LogP) is 3.31. The number of fused-ring (bicyclic) bond motifs is 1. The second-order valence-corrected chi connectivity index (χ2v) is 11.2. The number of hydrogen-bond donors (Lipinski definition) is 3. The molecule has 0 aliphatic carbocycles. The Hall–Kier alpha value is -3.65. The third-order valence-electron chi connectivity index (χ3n) is 7.12. The van der Waals surface area contributed by atoms with E-state index >= 15 is 0 Å². The summed E-state index contributed by atoms with van der Waals surface area (Å²) in [7, 11) is 2.09. The Balaban J connectivity index is 1.42. The van der Waals surface area contributed by atoms with Crippen LogP contribution in [0.25, 0.3) is 22.3 Å². The van der Waals surface area contributed by atoms with Crippen LogP contribution < -0.4 is 10.6 Å². The second-order valence-electron chi connectivity index (χ2n) is 9.82. The molecule has 3 aromatic heterocycles. The minimum absolute atomic E-state index is 0.0955. The molecule has 2 unspecified atom stereocenters. The summed E-state index contributed by atoms with van der Waals surface area (Å²) in [6, 6.07) is 4.38. The Morgan fingerprint density at radius 1 is 1.23 bits per heavy atom. The topological polar surface area (TPSA) is 138 Å². The van der Waals surface area contributed by atoms with Crippen LogP contribution >= 0.6 is 0 Å². The molecule has 1 aromatic carbocycles. The molecule has 1 amide bonds. The van der Waals surface area contributed by atoms with Crippen LogP contribution in [0.3, 0.4) is 0 Å². The number of halogens is 1. The third-order valence-corrected chi connectivity index (χ3v) is 8.05. The van der Waals surface area contributed by atoms with Gasteiger partial charge in [-0.25, -0.2) is 19.9 Å². The Labute approximate surface area is 234 Å². The summed E-state index contributed by atoms with van der Waals surface area (Å²) < 4.78 is 26.7. The fraction of sp³-hybridized carbons (Fsp3) is 0.370. The van der Waals surface area contributed by atoms with Crippen molar-refractivity contribution in [1.82, 2.24) is 34.7 Å². The summed E-state index contributed by atoms with van der Waals surface area (Å²) in [6.45, 7) is 7.40. The summed E-state index contributed by atoms with van der Waals surface area (Å²) >= 11 is -1.48. The molecule has 0 saturated carbocycles. The predicted molar refractivity (Wildman–Crippen MR) is 153 cm³/mol. The maximum atomic E-state index is 14.9. The first kappa shape index (κ1) is 27.9. The van der Waals surface area contributed by atoms with Gasteiger partial charge in [0.05, 0.1) is 17.4 Å². The number of rotatable bonds is 8. The van der Waals surface area contributed by atoms with E-state index in [9.17, 15) is 13.7 Å². The molecule has 1 aliphatic rings. The number of benzene rings is 1. The largest absolute Gasteiger partial charge is 0.612 e. The Kier molecular flexibility index (Phi) is 8.26. The van der Waals surface area contributed by atoms with E-state index in [1.807, 2.05) is 13.8 Å². The van der Waals surface area contributed by atoms with Gasteiger partial charge in [0.25, 0.3) is 0 Å². The molecule has 2 atom stereocenters. The van der Waals surface area contributed by atoms with E-state index in [0.29, 0.717) is 34.5 Å². The van der Waals surface area contributed by atoms with Gasteiger partial charge in [-0.3, -0.25) is 9.69 Å². The third kappa shape index (κ3) is 5.63. The molecular formula is C27H32FN9O2S. The molecule has 13 heteroatoms. The van der Waals surface area contributed by atoms with Gasteiger partial charge in [-0.05, 0) is 49.3 Å². The Morgan fingerprint density at radius 2 is 2.00 bits per heavy atom. The lowest BCUT2D eigenvalue weighted by atomic mass is 10.1. The molecule has 40 heavy (non-hydrogen) atoms. The molecule has 1 aliphatic heterocycles. The van der Waals surface area contributed by atoms with Gasteiger partial charge in [-0.15, -0.1) is 0 Å². The molecule has 0 spiro atoms. The van der Waals surface area contributed by atoms with Gasteiger partial charge >= 0.3 is 0 Å². The van der Waals surface area contributed by atoms with Crippen LogP contribution in [0, 0.1) is 12.7 Å². The fourth-order valence-corrected chi connectivity index (χ4v) is 5.51. The maximum absolute atomic E-state index is 14.9. The first-order chi connectivity index (χ1) is 19.3. The molecule has 4 aromatic rings. The van der Waals surface area contributed by atoms with Crippen LogP contribution in [0.5, 0.6) is 0 Å². The summed E-state index contributed by atoms with van der Waals surface area (Å²) in [5, 5.41) is 5.90. The molecular weight excluding hydrogens is 533 g/mol. The highest BCUT2D eigenvalue weighted by molar-refractivity contribution is 7.90. The van der Waals surface area contributed by atoms with Crippen LogP contribution in [0.4, 0.5) is 21.8 Å². The molecule has 11 nitrogen and oxygen atoms in total. The minimum atomic E-state index is -1.48. The average molecular weight is 566 g/mol. The summed E-state index contributed by atoms with van der Waals surface area (Å²) in [4.78, 5) is 38.8. The van der Waals surface area contributed by atoms with Gasteiger partial charge in [0.15, 0.2) is 10.7 Å². The van der Waals surface area contributed by atoms with Crippen molar-refractivity contribution in [1.29, 1.82) is 0 Å². The van der Waals surface area contributed by atoms with Crippen molar-refractivity contribution in [3.8, 4) is 11.3 Å². The van der Waals surface area contributed by atoms with Crippen molar-refractivity contribution >= 4 is 45.6 Å². The zero-order chi connectivity index (χ0) is 28.4. The van der Waals surface area contributed by atoms with E-state index < -0.39 is 17.0 Å². The van der Waals surface area contributed by atoms with E-state index in [1.165, 1.54) is 24.7 Å². The molecule has 3 N–H and O–H groups in total. The molecule has 1 saturated heterocycles. The van der Waals surface area contributed by atoms with E-state index in [1.54, 1.807) is 18.5 Å². The van der Waals surface area contributed by atoms with Gasteiger partial charge in [-0.1, -0.05) is 13.0 Å². The zero-order valence-electron chi connectivity index (χ0n) is 22.9. The van der Waals surface area contributed by atoms with E-state index in [-0.39, 0.29) is 28.5 Å². The average Bonchev–Trinajstić information content (AvgIpc) is 3.37. The quantitative estimate of drug-likeness (QED) is 0.275. The maximum Gasteiger partial charge on any atom is 0.242 e. The number of aryl methyl sites for hydroxylation is 1. The molecule has 4 heterocycles. The Bertz CT molecular complexity index is 1520. The van der Waals surface area contributed by atoms with E-state index in [4.69, 9.17) is 0 Å². The second kappa shape index (κ2) is 11.8. The zero-order valence-corrected chi connectivity index (χ0v) is 23.7. The van der Waals surface area contributed by atoms with Crippen molar-refractivity contribution < 1.29 is 13.7 Å². The summed E-state index contributed by atoms with van der Waals surface area (Å²) in [5.74, 6) is -0.153. The SMILES string of the molecule is CCC(C(=O)Nc1ncnc2c(-c3nc(Nc4cccc([S+](C)[O-])c4F)ncc3C)c[nH]c12)N1CCN(C)CC1. The van der Waals surface area contributed by atoms with E-state index in [2.05, 4.69) is 52.4 Å². The molecule has 1 fully saturated rings. The highest BCUT2D eigenvalue weighted by atomic mass is 32.2. The number of nitrogens with one attached hydrogen (secondary N) is 3. The van der Waals surface area contributed by atoms with Crippen LogP contribution in [0.15, 0.2) is 41.8 Å². The smallest absolute Gasteiger partial charge is 0.242 e. The monoisotopic (exact) mass is 565 g/mol. The first-order valence-corrected chi connectivity index (χ1v) is 14.6. The van der Waals surface area contributed by atoms with Gasteiger partial charge in [0.2, 0.25) is 17.7 Å². The number of carbonyl (C=O) groups excluding carboxylic acids is 1. The van der Waals surface area contributed by atoms with Gasteiger partial charge in [-0.2, -0.15) is 4.39 Å². The number of aromatic amines is 1. The normalized spacial score (nSPS) is 16.1. The van der Waals surface area contributed by atoms with Crippen LogP contribution in [0.2, 0.25) is 0 Å². The Morgan fingerprint density at radius 3 is 2.73 bits per heavy atom. The van der Waals surface area contributed by atoms with Gasteiger partial charge < -0.3 is 25.1 Å². The number of carbonyl (C=O) groups is 1. The van der Waals surface area contributed by atoms with Crippen molar-refractivity contribution in [2.45, 2.75) is 31.2 Å². The number of anilines is 3. The molecule has 210 valence electrons. The highest BCUT2D eigenvalue weighted by Gasteiger charge is 2.28. The molecule has 0 bridgehead atoms. The van der Waals surface area contributed by atoms with Crippen molar-refractivity contribution in [2.75, 3.05) is 50.1 Å². The lowest BCUT2D eigenvalue weighted by Crippen LogP contribution is -2.52. The highest BCUT2D eigenvalue weighted by Crippen LogP contribution is 2.32. The number of nitrogens with zero attached hydrogens (tertiary/aromatic N) is 6. The standard InChI is InChI=1S/C27H32FN9O2S/c1-5-19(37-11-9-36(3)10-12-37)26(38)35-25-24-23(31-15-32-25)17(14-29-24)22-16(2)13-30-27(34-22)33-18-7-6-8-20(21(18)28)40(4)39/h6-8,13-15,19,29H,5,9-12H2,1-4H3,(H,30,33,34)(H,31,32,35,38). The van der Waals surface area contributed by atoms with Crippen LogP contribution in [0.1, 0.15) is 18.9 Å². The van der Waals surface area contributed by atoms with Gasteiger partial charge in [0.1, 0.15) is 23.6 Å². The van der Waals surface area contributed by atoms with Crippen molar-refractivity contribution in [2.24, 2.45) is 0 Å². The number of hydrogen-bond acceptors (Lipinski definition) is 9. The van der Waals surface area contributed by atoms with Gasteiger partial charge in [0, 0.05) is 44.1 Å². The first-order valence-electron chi connectivity index (χ1n) is 13.0. The molecule has 5 rings (SSSR count). The minimum Gasteiger partial charge on any atom is -0.612 e. The van der Waals surface area contributed by atoms with Crippen molar-refractivity contribution in [3.63, 3.8) is 0 Å². The summed E-state index contributed by atoms with van der Waals surface area (Å²) in [6.07, 6.45) is 6.91. The number of aromatic nitrogens is 5. The van der Waals surface area contributed by atoms with Crippen molar-refractivity contribution in [3.05, 3.63) is 48.3 Å². The lowest BCUT2D eigenvalue weighted by Gasteiger charge is -2.36. The number of amides is 1. The number of H-pyrrole nitrogens is 1. The fourth-order valence-electron chi connectivity index (χ4n) is 4.88. The molecule has 0 radical (unpaired) electrons. The summed E-state index contributed by atoms with van der Waals surface area (Å²) in [5.41, 5.74) is 3.33. The number of likely N-dealkylation sites (N-methyl/N-ethyl adjacent to an activating group) is 1. The van der Waals surface area contributed by atoms with E-state index in [0.717, 1.165) is 31.7 Å². The van der Waals surface area contributed by atoms with Crippen LogP contribution in [-0.2, 0) is 16.0 Å². The number of piperazine rings is 1.